The maximum atomic E-state index is 13.5. The molecule has 1 atom stereocenters. The standard InChI is InChI=1S/C24H32N6O3S/c1-2-17-11-14-30(15-12-17)23(31)21(9-5-13-28-24(26)27)29-34(32,33)22-10-4-7-19-18(16-25)6-3-8-20(19)22/h3-4,6-8,10,17,21,29H,2,5,9,11-15H2,1H3,(H4,26,27,28). The van der Waals surface area contributed by atoms with E-state index in [1.165, 1.54) is 6.07 Å². The van der Waals surface area contributed by atoms with Crippen molar-refractivity contribution in [2.45, 2.75) is 50.0 Å². The van der Waals surface area contributed by atoms with Crippen molar-refractivity contribution in [2.75, 3.05) is 19.6 Å². The van der Waals surface area contributed by atoms with Crippen LogP contribution >= 0.6 is 0 Å². The summed E-state index contributed by atoms with van der Waals surface area (Å²) < 4.78 is 29.5. The van der Waals surface area contributed by atoms with Gasteiger partial charge in [0.15, 0.2) is 5.96 Å². The highest BCUT2D eigenvalue weighted by atomic mass is 32.2. The van der Waals surface area contributed by atoms with Gasteiger partial charge in [-0.3, -0.25) is 9.79 Å². The molecule has 1 saturated heterocycles. The molecule has 34 heavy (non-hydrogen) atoms. The van der Waals surface area contributed by atoms with Crippen LogP contribution in [0.5, 0.6) is 0 Å². The second kappa shape index (κ2) is 11.3. The van der Waals surface area contributed by atoms with Gasteiger partial charge in [-0.15, -0.1) is 0 Å². The summed E-state index contributed by atoms with van der Waals surface area (Å²) in [6.45, 7) is 3.67. The van der Waals surface area contributed by atoms with E-state index in [-0.39, 0.29) is 23.2 Å². The quantitative estimate of drug-likeness (QED) is 0.281. The average Bonchev–Trinajstić information content (AvgIpc) is 2.84. The molecule has 1 unspecified atom stereocenters. The largest absolute Gasteiger partial charge is 0.370 e. The first-order valence-corrected chi connectivity index (χ1v) is 13.0. The van der Waals surface area contributed by atoms with Crippen LogP contribution in [0.15, 0.2) is 46.3 Å². The lowest BCUT2D eigenvalue weighted by Gasteiger charge is -2.34. The lowest BCUT2D eigenvalue weighted by Crippen LogP contribution is -2.50. The van der Waals surface area contributed by atoms with E-state index in [0.29, 0.717) is 48.3 Å². The third-order valence-corrected chi connectivity index (χ3v) is 7.87. The van der Waals surface area contributed by atoms with Crippen molar-refractivity contribution in [3.63, 3.8) is 0 Å². The number of nitrogens with one attached hydrogen (secondary N) is 1. The number of guanidine groups is 1. The SMILES string of the molecule is CCC1CCN(C(=O)C(CCCN=C(N)N)NS(=O)(=O)c2cccc3c(C#N)cccc23)CC1. The van der Waals surface area contributed by atoms with Gasteiger partial charge in [-0.25, -0.2) is 8.42 Å². The summed E-state index contributed by atoms with van der Waals surface area (Å²) in [5.74, 6) is 0.306. The van der Waals surface area contributed by atoms with Crippen LogP contribution in [-0.4, -0.2) is 50.9 Å². The lowest BCUT2D eigenvalue weighted by atomic mass is 9.94. The summed E-state index contributed by atoms with van der Waals surface area (Å²) in [4.78, 5) is 19.1. The van der Waals surface area contributed by atoms with Crippen LogP contribution in [0.25, 0.3) is 10.8 Å². The van der Waals surface area contributed by atoms with Crippen molar-refractivity contribution in [1.29, 1.82) is 5.26 Å². The molecule has 2 aromatic carbocycles. The van der Waals surface area contributed by atoms with Crippen molar-refractivity contribution in [3.8, 4) is 6.07 Å². The summed E-state index contributed by atoms with van der Waals surface area (Å²) in [5.41, 5.74) is 11.2. The Balaban J connectivity index is 1.87. The molecule has 1 aliphatic heterocycles. The summed E-state index contributed by atoms with van der Waals surface area (Å²) in [7, 11) is -4.06. The predicted molar refractivity (Wildman–Crippen MR) is 132 cm³/mol. The smallest absolute Gasteiger partial charge is 0.241 e. The number of carbonyl (C=O) groups is 1. The molecule has 0 aromatic heterocycles. The number of rotatable bonds is 9. The first-order chi connectivity index (χ1) is 16.3. The molecule has 10 heteroatoms. The number of hydrogen-bond acceptors (Lipinski definition) is 5. The molecule has 1 amide bonds. The second-order valence-electron chi connectivity index (χ2n) is 8.57. The van der Waals surface area contributed by atoms with Gasteiger partial charge in [0.1, 0.15) is 6.04 Å². The first kappa shape index (κ1) is 25.5. The third kappa shape index (κ3) is 6.04. The van der Waals surface area contributed by atoms with Crippen molar-refractivity contribution < 1.29 is 13.2 Å². The Hall–Kier alpha value is -3.16. The number of nitrogens with two attached hydrogens (primary N) is 2. The molecule has 0 spiro atoms. The van der Waals surface area contributed by atoms with Crippen molar-refractivity contribution in [1.82, 2.24) is 9.62 Å². The van der Waals surface area contributed by atoms with Gasteiger partial charge >= 0.3 is 0 Å². The van der Waals surface area contributed by atoms with Gasteiger partial charge in [0, 0.05) is 30.4 Å². The molecule has 1 aliphatic rings. The number of benzene rings is 2. The molecule has 0 radical (unpaired) electrons. The van der Waals surface area contributed by atoms with Gasteiger partial charge in [-0.05, 0) is 43.7 Å². The number of aliphatic imine (C=N–C) groups is 1. The Morgan fingerprint density at radius 1 is 1.21 bits per heavy atom. The molecule has 1 fully saturated rings. The monoisotopic (exact) mass is 484 g/mol. The first-order valence-electron chi connectivity index (χ1n) is 11.5. The predicted octanol–water partition coefficient (Wildman–Crippen LogP) is 2.06. The van der Waals surface area contributed by atoms with Gasteiger partial charge in [-0.2, -0.15) is 9.98 Å². The molecule has 9 nitrogen and oxygen atoms in total. The van der Waals surface area contributed by atoms with E-state index in [9.17, 15) is 18.5 Å². The van der Waals surface area contributed by atoms with E-state index in [4.69, 9.17) is 11.5 Å². The van der Waals surface area contributed by atoms with E-state index in [2.05, 4.69) is 22.7 Å². The minimum absolute atomic E-state index is 0.0359. The number of piperidine rings is 1. The minimum Gasteiger partial charge on any atom is -0.370 e. The van der Waals surface area contributed by atoms with E-state index in [0.717, 1.165) is 19.3 Å². The van der Waals surface area contributed by atoms with E-state index >= 15 is 0 Å². The molecule has 182 valence electrons. The number of nitriles is 1. The van der Waals surface area contributed by atoms with Crippen LogP contribution < -0.4 is 16.2 Å². The molecule has 0 bridgehead atoms. The van der Waals surface area contributed by atoms with Crippen LogP contribution in [0.3, 0.4) is 0 Å². The van der Waals surface area contributed by atoms with Crippen molar-refractivity contribution in [3.05, 3.63) is 42.0 Å². The Morgan fingerprint density at radius 3 is 2.53 bits per heavy atom. The topological polar surface area (TPSA) is 155 Å². The maximum absolute atomic E-state index is 13.5. The molecule has 5 N–H and O–H groups in total. The zero-order valence-corrected chi connectivity index (χ0v) is 20.2. The Kier molecular flexibility index (Phi) is 8.47. The second-order valence-corrected chi connectivity index (χ2v) is 10.3. The molecule has 0 saturated carbocycles. The average molecular weight is 485 g/mol. The van der Waals surface area contributed by atoms with Gasteiger partial charge in [-0.1, -0.05) is 37.6 Å². The summed E-state index contributed by atoms with van der Waals surface area (Å²) in [5, 5.41) is 10.4. The lowest BCUT2D eigenvalue weighted by molar-refractivity contribution is -0.134. The molecular formula is C24H32N6O3S. The van der Waals surface area contributed by atoms with Crippen molar-refractivity contribution >= 4 is 32.7 Å². The fourth-order valence-corrected chi connectivity index (χ4v) is 5.83. The highest BCUT2D eigenvalue weighted by Crippen LogP contribution is 2.26. The Bertz CT molecular complexity index is 1190. The number of hydrogen-bond donors (Lipinski definition) is 3. The zero-order valence-electron chi connectivity index (χ0n) is 19.4. The fourth-order valence-electron chi connectivity index (χ4n) is 4.38. The summed E-state index contributed by atoms with van der Waals surface area (Å²) in [6, 6.07) is 10.9. The van der Waals surface area contributed by atoms with Crippen LogP contribution in [0.4, 0.5) is 0 Å². The van der Waals surface area contributed by atoms with Gasteiger partial charge in [0.25, 0.3) is 0 Å². The zero-order chi connectivity index (χ0) is 24.7. The van der Waals surface area contributed by atoms with Crippen molar-refractivity contribution in [2.24, 2.45) is 22.4 Å². The van der Waals surface area contributed by atoms with Crippen LogP contribution in [0.2, 0.25) is 0 Å². The molecule has 2 aromatic rings. The third-order valence-electron chi connectivity index (χ3n) is 6.34. The summed E-state index contributed by atoms with van der Waals surface area (Å²) >= 11 is 0. The number of nitrogens with zero attached hydrogens (tertiary/aromatic N) is 3. The van der Waals surface area contributed by atoms with E-state index in [1.807, 2.05) is 0 Å². The van der Waals surface area contributed by atoms with Crippen LogP contribution in [0, 0.1) is 17.2 Å². The Morgan fingerprint density at radius 2 is 1.88 bits per heavy atom. The molecular weight excluding hydrogens is 452 g/mol. The van der Waals surface area contributed by atoms with Crippen LogP contribution in [0.1, 0.15) is 44.6 Å². The fraction of sp³-hybridized carbons (Fsp3) is 0.458. The minimum atomic E-state index is -4.06. The number of sulfonamides is 1. The number of carbonyl (C=O) groups excluding carboxylic acids is 1. The highest BCUT2D eigenvalue weighted by Gasteiger charge is 2.31. The molecule has 3 rings (SSSR count). The van der Waals surface area contributed by atoms with Crippen LogP contribution in [-0.2, 0) is 14.8 Å². The number of fused-ring (bicyclic) bond motifs is 1. The van der Waals surface area contributed by atoms with E-state index in [1.54, 1.807) is 35.2 Å². The van der Waals surface area contributed by atoms with Gasteiger partial charge in [0.05, 0.1) is 16.5 Å². The van der Waals surface area contributed by atoms with Gasteiger partial charge < -0.3 is 16.4 Å². The highest BCUT2D eigenvalue weighted by molar-refractivity contribution is 7.89. The van der Waals surface area contributed by atoms with Gasteiger partial charge in [0.2, 0.25) is 15.9 Å². The Labute approximate surface area is 200 Å². The number of amides is 1. The molecule has 0 aliphatic carbocycles. The normalized spacial score (nSPS) is 15.6. The van der Waals surface area contributed by atoms with E-state index < -0.39 is 16.1 Å². The number of likely N-dealkylation sites (tertiary alicyclic amines) is 1. The molecule has 1 heterocycles. The maximum Gasteiger partial charge on any atom is 0.241 e. The summed E-state index contributed by atoms with van der Waals surface area (Å²) in [6.07, 6.45) is 3.60.